The van der Waals surface area contributed by atoms with Crippen molar-refractivity contribution in [3.63, 3.8) is 0 Å². The van der Waals surface area contributed by atoms with Crippen LogP contribution in [0.3, 0.4) is 0 Å². The van der Waals surface area contributed by atoms with Crippen LogP contribution in [0.25, 0.3) is 16.8 Å². The molecule has 0 aromatic heterocycles. The Hall–Kier alpha value is -2.57. The van der Waals surface area contributed by atoms with Crippen LogP contribution in [0.2, 0.25) is 0 Å². The lowest BCUT2D eigenvalue weighted by Gasteiger charge is -2.14. The van der Waals surface area contributed by atoms with E-state index >= 15 is 0 Å². The first-order valence-electron chi connectivity index (χ1n) is 9.21. The summed E-state index contributed by atoms with van der Waals surface area (Å²) in [5.41, 5.74) is 1.71. The van der Waals surface area contributed by atoms with Gasteiger partial charge in [0.15, 0.2) is 0 Å². The molecule has 4 nitrogen and oxygen atoms in total. The van der Waals surface area contributed by atoms with E-state index in [-0.39, 0.29) is 17.7 Å². The number of hydrogen-bond donors (Lipinski definition) is 0. The summed E-state index contributed by atoms with van der Waals surface area (Å²) in [7, 11) is 0. The minimum absolute atomic E-state index is 0.250. The summed E-state index contributed by atoms with van der Waals surface area (Å²) in [5, 5.41) is 1.87. The Morgan fingerprint density at radius 3 is 2.69 bits per heavy atom. The van der Waals surface area contributed by atoms with Gasteiger partial charge in [-0.1, -0.05) is 58.4 Å². The number of amides is 2. The number of halogens is 1. The zero-order valence-corrected chi connectivity index (χ0v) is 18.1. The molecule has 1 aliphatic heterocycles. The molecular formula is C23H18BrNO3S. The fourth-order valence-electron chi connectivity index (χ4n) is 3.30. The van der Waals surface area contributed by atoms with E-state index in [1.165, 1.54) is 4.90 Å². The molecule has 0 N–H and O–H groups in total. The Kier molecular flexibility index (Phi) is 5.74. The number of imide groups is 1. The van der Waals surface area contributed by atoms with Crippen LogP contribution in [0.4, 0.5) is 4.79 Å². The highest BCUT2D eigenvalue weighted by molar-refractivity contribution is 9.10. The minimum Gasteiger partial charge on any atom is -0.493 e. The van der Waals surface area contributed by atoms with Crippen molar-refractivity contribution in [1.29, 1.82) is 0 Å². The van der Waals surface area contributed by atoms with Gasteiger partial charge in [-0.3, -0.25) is 14.5 Å². The Morgan fingerprint density at radius 2 is 1.86 bits per heavy atom. The number of rotatable bonds is 5. The van der Waals surface area contributed by atoms with Crippen molar-refractivity contribution in [2.45, 2.75) is 13.5 Å². The van der Waals surface area contributed by atoms with Crippen LogP contribution in [-0.2, 0) is 11.3 Å². The number of hydrogen-bond acceptors (Lipinski definition) is 4. The molecule has 4 rings (SSSR count). The highest BCUT2D eigenvalue weighted by Crippen LogP contribution is 2.36. The summed E-state index contributed by atoms with van der Waals surface area (Å²) in [6.45, 7) is 2.68. The maximum atomic E-state index is 13.0. The predicted octanol–water partition coefficient (Wildman–Crippen LogP) is 6.24. The van der Waals surface area contributed by atoms with Crippen molar-refractivity contribution < 1.29 is 14.3 Å². The lowest BCUT2D eigenvalue weighted by atomic mass is 10.0. The molecule has 146 valence electrons. The van der Waals surface area contributed by atoms with Gasteiger partial charge in [0.05, 0.1) is 18.1 Å². The van der Waals surface area contributed by atoms with Gasteiger partial charge in [-0.25, -0.2) is 0 Å². The van der Waals surface area contributed by atoms with E-state index in [9.17, 15) is 9.59 Å². The van der Waals surface area contributed by atoms with E-state index < -0.39 is 0 Å². The Balaban J connectivity index is 1.64. The van der Waals surface area contributed by atoms with Gasteiger partial charge < -0.3 is 4.74 Å². The average molecular weight is 468 g/mol. The molecule has 1 saturated heterocycles. The number of thioether (sulfide) groups is 1. The summed E-state index contributed by atoms with van der Waals surface area (Å²) in [6, 6.07) is 19.5. The molecule has 1 fully saturated rings. The third-order valence-electron chi connectivity index (χ3n) is 4.64. The standard InChI is InChI=1S/C23H18BrNO3S/c1-2-28-20-11-10-18(24)12-17(20)13-21-22(26)25(23(27)29-21)14-16-8-5-7-15-6-3-4-9-19(15)16/h3-13H,2,14H2,1H3/b21-13-. The molecule has 1 aliphatic rings. The van der Waals surface area contributed by atoms with Crippen LogP contribution in [0.15, 0.2) is 70.0 Å². The summed E-state index contributed by atoms with van der Waals surface area (Å²) >= 11 is 4.41. The van der Waals surface area contributed by atoms with E-state index in [1.807, 2.05) is 67.6 Å². The molecule has 0 spiro atoms. The number of ether oxygens (including phenoxy) is 1. The summed E-state index contributed by atoms with van der Waals surface area (Å²) < 4.78 is 6.53. The highest BCUT2D eigenvalue weighted by Gasteiger charge is 2.35. The van der Waals surface area contributed by atoms with Crippen LogP contribution < -0.4 is 4.74 Å². The zero-order valence-electron chi connectivity index (χ0n) is 15.7. The van der Waals surface area contributed by atoms with Crippen molar-refractivity contribution in [1.82, 2.24) is 4.90 Å². The highest BCUT2D eigenvalue weighted by atomic mass is 79.9. The van der Waals surface area contributed by atoms with Gasteiger partial charge in [-0.2, -0.15) is 0 Å². The number of carbonyl (C=O) groups excluding carboxylic acids is 2. The van der Waals surface area contributed by atoms with Crippen molar-refractivity contribution in [3.8, 4) is 5.75 Å². The number of fused-ring (bicyclic) bond motifs is 1. The van der Waals surface area contributed by atoms with Crippen molar-refractivity contribution in [3.05, 3.63) is 81.2 Å². The molecule has 3 aromatic carbocycles. The molecule has 3 aromatic rings. The summed E-state index contributed by atoms with van der Waals surface area (Å²) in [5.74, 6) is 0.395. The SMILES string of the molecule is CCOc1ccc(Br)cc1/C=C1\SC(=O)N(Cc2cccc3ccccc23)C1=O. The van der Waals surface area contributed by atoms with E-state index in [0.717, 1.165) is 38.1 Å². The predicted molar refractivity (Wildman–Crippen MR) is 121 cm³/mol. The van der Waals surface area contributed by atoms with Crippen molar-refractivity contribution in [2.75, 3.05) is 6.61 Å². The molecule has 2 amide bonds. The molecular weight excluding hydrogens is 450 g/mol. The molecule has 0 aliphatic carbocycles. The molecule has 29 heavy (non-hydrogen) atoms. The van der Waals surface area contributed by atoms with Gasteiger partial charge in [0.25, 0.3) is 11.1 Å². The molecule has 0 bridgehead atoms. The van der Waals surface area contributed by atoms with Crippen LogP contribution in [0, 0.1) is 0 Å². The van der Waals surface area contributed by atoms with E-state index in [4.69, 9.17) is 4.74 Å². The second-order valence-corrected chi connectivity index (χ2v) is 8.43. The molecule has 1 heterocycles. The van der Waals surface area contributed by atoms with Gasteiger partial charge in [0.2, 0.25) is 0 Å². The fourth-order valence-corrected chi connectivity index (χ4v) is 4.51. The third-order valence-corrected chi connectivity index (χ3v) is 6.04. The molecule has 6 heteroatoms. The fraction of sp³-hybridized carbons (Fsp3) is 0.130. The second kappa shape index (κ2) is 8.43. The van der Waals surface area contributed by atoms with E-state index in [0.29, 0.717) is 17.3 Å². The average Bonchev–Trinajstić information content (AvgIpc) is 2.98. The first-order chi connectivity index (χ1) is 14.1. The quantitative estimate of drug-likeness (QED) is 0.416. The van der Waals surface area contributed by atoms with Crippen molar-refractivity contribution in [2.24, 2.45) is 0 Å². The van der Waals surface area contributed by atoms with Gasteiger partial charge in [-0.05, 0) is 59.3 Å². The number of benzene rings is 3. The van der Waals surface area contributed by atoms with Gasteiger partial charge in [0, 0.05) is 10.0 Å². The van der Waals surface area contributed by atoms with Crippen LogP contribution >= 0.6 is 27.7 Å². The maximum absolute atomic E-state index is 13.0. The van der Waals surface area contributed by atoms with E-state index in [2.05, 4.69) is 15.9 Å². The first-order valence-corrected chi connectivity index (χ1v) is 10.8. The third kappa shape index (κ3) is 4.09. The Morgan fingerprint density at radius 1 is 1.07 bits per heavy atom. The monoisotopic (exact) mass is 467 g/mol. The smallest absolute Gasteiger partial charge is 0.293 e. The normalized spacial score (nSPS) is 15.5. The van der Waals surface area contributed by atoms with E-state index in [1.54, 1.807) is 6.08 Å². The number of carbonyl (C=O) groups is 2. The molecule has 0 atom stereocenters. The molecule has 0 unspecified atom stereocenters. The number of nitrogens with zero attached hydrogens (tertiary/aromatic N) is 1. The Bertz CT molecular complexity index is 1140. The maximum Gasteiger partial charge on any atom is 0.293 e. The molecule has 0 saturated carbocycles. The van der Waals surface area contributed by atoms with Gasteiger partial charge in [0.1, 0.15) is 5.75 Å². The first kappa shape index (κ1) is 19.7. The van der Waals surface area contributed by atoms with Gasteiger partial charge >= 0.3 is 0 Å². The summed E-state index contributed by atoms with van der Waals surface area (Å²) in [4.78, 5) is 27.3. The lowest BCUT2D eigenvalue weighted by molar-refractivity contribution is -0.123. The van der Waals surface area contributed by atoms with Crippen molar-refractivity contribution >= 4 is 55.7 Å². The molecule has 0 radical (unpaired) electrons. The largest absolute Gasteiger partial charge is 0.493 e. The zero-order chi connectivity index (χ0) is 20.4. The summed E-state index contributed by atoms with van der Waals surface area (Å²) in [6.07, 6.45) is 1.73. The second-order valence-electron chi connectivity index (χ2n) is 6.52. The van der Waals surface area contributed by atoms with Crippen LogP contribution in [-0.4, -0.2) is 22.7 Å². The Labute approximate surface area is 181 Å². The van der Waals surface area contributed by atoms with Crippen LogP contribution in [0.5, 0.6) is 5.75 Å². The minimum atomic E-state index is -0.282. The topological polar surface area (TPSA) is 46.6 Å². The van der Waals surface area contributed by atoms with Gasteiger partial charge in [-0.15, -0.1) is 0 Å². The lowest BCUT2D eigenvalue weighted by Crippen LogP contribution is -2.27. The van der Waals surface area contributed by atoms with Crippen LogP contribution in [0.1, 0.15) is 18.1 Å².